The molecule has 1 aliphatic carbocycles. The van der Waals surface area contributed by atoms with E-state index in [9.17, 15) is 14.0 Å². The van der Waals surface area contributed by atoms with Crippen LogP contribution in [0.2, 0.25) is 0 Å². The molecule has 0 radical (unpaired) electrons. The second kappa shape index (κ2) is 7.75. The average Bonchev–Trinajstić information content (AvgIpc) is 3.34. The van der Waals surface area contributed by atoms with Gasteiger partial charge < -0.3 is 10.1 Å². The number of hydrogen-bond donors (Lipinski definition) is 1. The van der Waals surface area contributed by atoms with Gasteiger partial charge in [0.2, 0.25) is 0 Å². The van der Waals surface area contributed by atoms with Crippen LogP contribution >= 0.6 is 11.3 Å². The zero-order chi connectivity index (χ0) is 20.4. The highest BCUT2D eigenvalue weighted by atomic mass is 32.1. The summed E-state index contributed by atoms with van der Waals surface area (Å²) in [5.74, 6) is -1.17. The predicted molar refractivity (Wildman–Crippen MR) is 107 cm³/mol. The van der Waals surface area contributed by atoms with E-state index in [1.165, 1.54) is 30.7 Å². The van der Waals surface area contributed by atoms with Crippen molar-refractivity contribution in [3.05, 3.63) is 87.1 Å². The summed E-state index contributed by atoms with van der Waals surface area (Å²) in [4.78, 5) is 30.1. The summed E-state index contributed by atoms with van der Waals surface area (Å²) in [5, 5.41) is 3.50. The molecule has 1 aromatic heterocycles. The monoisotopic (exact) mass is 410 g/mol. The molecular formula is C22H19FN2O3S. The Labute approximate surface area is 171 Å². The molecule has 0 fully saturated rings. The lowest BCUT2D eigenvalue weighted by atomic mass is 9.95. The van der Waals surface area contributed by atoms with Gasteiger partial charge in [-0.3, -0.25) is 4.79 Å². The first kappa shape index (κ1) is 19.3. The minimum absolute atomic E-state index is 0.304. The summed E-state index contributed by atoms with van der Waals surface area (Å²) in [6, 6.07) is 14.2. The number of carbonyl (C=O) groups excluding carboxylic acids is 2. The van der Waals surface area contributed by atoms with E-state index < -0.39 is 11.5 Å². The van der Waals surface area contributed by atoms with Gasteiger partial charge in [0, 0.05) is 19.3 Å². The largest absolute Gasteiger partial charge is 0.467 e. The quantitative estimate of drug-likeness (QED) is 0.656. The van der Waals surface area contributed by atoms with Crippen LogP contribution in [0.5, 0.6) is 0 Å². The third-order valence-electron chi connectivity index (χ3n) is 5.11. The SMILES string of the molecule is COC(=O)C1(NC(=O)c2cnc(Cc3ccccc3F)s2)Cc2ccccc2C1. The summed E-state index contributed by atoms with van der Waals surface area (Å²) < 4.78 is 18.9. The van der Waals surface area contributed by atoms with Gasteiger partial charge in [0.05, 0.1) is 18.3 Å². The maximum Gasteiger partial charge on any atom is 0.332 e. The molecule has 1 amide bonds. The van der Waals surface area contributed by atoms with Crippen LogP contribution < -0.4 is 5.32 Å². The van der Waals surface area contributed by atoms with E-state index in [0.717, 1.165) is 11.1 Å². The molecule has 2 aromatic carbocycles. The molecule has 148 valence electrons. The van der Waals surface area contributed by atoms with E-state index in [4.69, 9.17) is 4.74 Å². The molecule has 29 heavy (non-hydrogen) atoms. The van der Waals surface area contributed by atoms with E-state index in [1.54, 1.807) is 18.2 Å². The number of amides is 1. The van der Waals surface area contributed by atoms with Crippen molar-refractivity contribution in [1.29, 1.82) is 0 Å². The Bertz CT molecular complexity index is 1050. The minimum atomic E-state index is -1.13. The van der Waals surface area contributed by atoms with Gasteiger partial charge in [-0.15, -0.1) is 11.3 Å². The van der Waals surface area contributed by atoms with E-state index in [0.29, 0.717) is 34.7 Å². The summed E-state index contributed by atoms with van der Waals surface area (Å²) in [6.45, 7) is 0. The van der Waals surface area contributed by atoms with Crippen LogP contribution in [-0.2, 0) is 28.8 Å². The predicted octanol–water partition coefficient (Wildman–Crippen LogP) is 3.31. The Kier molecular flexibility index (Phi) is 5.15. The number of ether oxygens (including phenoxy) is 1. The Morgan fingerprint density at radius 2 is 1.79 bits per heavy atom. The lowest BCUT2D eigenvalue weighted by Gasteiger charge is -2.27. The minimum Gasteiger partial charge on any atom is -0.467 e. The summed E-state index contributed by atoms with van der Waals surface area (Å²) in [6.07, 6.45) is 2.52. The van der Waals surface area contributed by atoms with Gasteiger partial charge in [0.15, 0.2) is 0 Å². The number of nitrogens with one attached hydrogen (secondary N) is 1. The van der Waals surface area contributed by atoms with Crippen molar-refractivity contribution in [2.45, 2.75) is 24.8 Å². The second-order valence-electron chi connectivity index (χ2n) is 7.04. The van der Waals surface area contributed by atoms with Crippen LogP contribution in [0.1, 0.15) is 31.4 Å². The zero-order valence-corrected chi connectivity index (χ0v) is 16.6. The molecule has 0 unspecified atom stereocenters. The first-order valence-electron chi connectivity index (χ1n) is 9.16. The van der Waals surface area contributed by atoms with Gasteiger partial charge in [-0.25, -0.2) is 14.2 Å². The van der Waals surface area contributed by atoms with Gasteiger partial charge in [0.25, 0.3) is 5.91 Å². The number of fused-ring (bicyclic) bond motifs is 1. The maximum absolute atomic E-state index is 13.9. The number of halogens is 1. The van der Waals surface area contributed by atoms with Crippen LogP contribution in [0.3, 0.4) is 0 Å². The topological polar surface area (TPSA) is 68.3 Å². The van der Waals surface area contributed by atoms with Gasteiger partial charge in [-0.2, -0.15) is 0 Å². The van der Waals surface area contributed by atoms with Crippen LogP contribution in [0.4, 0.5) is 4.39 Å². The second-order valence-corrected chi connectivity index (χ2v) is 8.15. The lowest BCUT2D eigenvalue weighted by molar-refractivity contribution is -0.147. The molecule has 1 heterocycles. The number of hydrogen-bond acceptors (Lipinski definition) is 5. The molecule has 4 rings (SSSR count). The van der Waals surface area contributed by atoms with Crippen LogP contribution in [0, 0.1) is 5.82 Å². The first-order valence-corrected chi connectivity index (χ1v) is 9.98. The number of rotatable bonds is 5. The van der Waals surface area contributed by atoms with E-state index >= 15 is 0 Å². The summed E-state index contributed by atoms with van der Waals surface area (Å²) in [7, 11) is 1.32. The van der Waals surface area contributed by atoms with Crippen molar-refractivity contribution >= 4 is 23.2 Å². The average molecular weight is 410 g/mol. The van der Waals surface area contributed by atoms with Crippen molar-refractivity contribution in [2.75, 3.05) is 7.11 Å². The zero-order valence-electron chi connectivity index (χ0n) is 15.8. The molecular weight excluding hydrogens is 391 g/mol. The van der Waals surface area contributed by atoms with E-state index in [1.807, 2.05) is 24.3 Å². The number of esters is 1. The number of nitrogens with zero attached hydrogens (tertiary/aromatic N) is 1. The molecule has 0 saturated heterocycles. The maximum atomic E-state index is 13.9. The fraction of sp³-hybridized carbons (Fsp3) is 0.227. The molecule has 1 N–H and O–H groups in total. The van der Waals surface area contributed by atoms with Crippen LogP contribution in [0.25, 0.3) is 0 Å². The normalized spacial score (nSPS) is 14.3. The molecule has 1 aliphatic rings. The lowest BCUT2D eigenvalue weighted by Crippen LogP contribution is -2.55. The highest BCUT2D eigenvalue weighted by Crippen LogP contribution is 2.32. The number of methoxy groups -OCH3 is 1. The van der Waals surface area contributed by atoms with Crippen molar-refractivity contribution in [3.63, 3.8) is 0 Å². The van der Waals surface area contributed by atoms with Crippen molar-refractivity contribution in [3.8, 4) is 0 Å². The highest BCUT2D eigenvalue weighted by molar-refractivity contribution is 7.13. The van der Waals surface area contributed by atoms with Gasteiger partial charge >= 0.3 is 5.97 Å². The molecule has 0 saturated carbocycles. The number of aromatic nitrogens is 1. The van der Waals surface area contributed by atoms with Gasteiger partial charge in [-0.1, -0.05) is 42.5 Å². The molecule has 0 atom stereocenters. The van der Waals surface area contributed by atoms with Crippen molar-refractivity contribution < 1.29 is 18.7 Å². The number of carbonyl (C=O) groups is 2. The molecule has 7 heteroatoms. The number of benzene rings is 2. The van der Waals surface area contributed by atoms with Gasteiger partial charge in [0.1, 0.15) is 16.2 Å². The first-order chi connectivity index (χ1) is 14.0. The molecule has 5 nitrogen and oxygen atoms in total. The Morgan fingerprint density at radius 3 is 2.45 bits per heavy atom. The standard InChI is InChI=1S/C22H19FN2O3S/c1-28-21(27)22(11-15-7-2-3-8-16(15)12-22)25-20(26)18-13-24-19(29-18)10-14-6-4-5-9-17(14)23/h2-9,13H,10-12H2,1H3,(H,25,26). The Hall–Kier alpha value is -3.06. The molecule has 0 spiro atoms. The van der Waals surface area contributed by atoms with E-state index in [-0.39, 0.29) is 11.7 Å². The summed E-state index contributed by atoms with van der Waals surface area (Å²) >= 11 is 1.19. The summed E-state index contributed by atoms with van der Waals surface area (Å²) in [5.41, 5.74) is 1.42. The van der Waals surface area contributed by atoms with Crippen LogP contribution in [-0.4, -0.2) is 29.5 Å². The number of thiazole rings is 1. The Balaban J connectivity index is 1.53. The fourth-order valence-electron chi connectivity index (χ4n) is 3.67. The van der Waals surface area contributed by atoms with Gasteiger partial charge in [-0.05, 0) is 22.8 Å². The molecule has 0 bridgehead atoms. The molecule has 0 aliphatic heterocycles. The third-order valence-corrected chi connectivity index (χ3v) is 6.10. The van der Waals surface area contributed by atoms with Crippen molar-refractivity contribution in [1.82, 2.24) is 10.3 Å². The molecule has 3 aromatic rings. The smallest absolute Gasteiger partial charge is 0.332 e. The third kappa shape index (κ3) is 3.78. The fourth-order valence-corrected chi connectivity index (χ4v) is 4.51. The highest BCUT2D eigenvalue weighted by Gasteiger charge is 2.46. The van der Waals surface area contributed by atoms with Crippen molar-refractivity contribution in [2.24, 2.45) is 0 Å². The Morgan fingerprint density at radius 1 is 1.14 bits per heavy atom. The van der Waals surface area contributed by atoms with E-state index in [2.05, 4.69) is 10.3 Å². The van der Waals surface area contributed by atoms with Crippen LogP contribution in [0.15, 0.2) is 54.7 Å².